The first-order chi connectivity index (χ1) is 7.66. The summed E-state index contributed by atoms with van der Waals surface area (Å²) in [5.74, 6) is -0.854. The number of aliphatic carboxylic acids is 1. The van der Waals surface area contributed by atoms with Crippen molar-refractivity contribution in [3.63, 3.8) is 0 Å². The predicted molar refractivity (Wildman–Crippen MR) is 69.5 cm³/mol. The third kappa shape index (κ3) is 3.22. The van der Waals surface area contributed by atoms with Crippen LogP contribution in [0.5, 0.6) is 0 Å². The van der Waals surface area contributed by atoms with Crippen LogP contribution in [0.3, 0.4) is 0 Å². The third-order valence-electron chi connectivity index (χ3n) is 2.59. The van der Waals surface area contributed by atoms with E-state index in [0.717, 1.165) is 16.5 Å². The molecule has 0 bridgehead atoms. The lowest BCUT2D eigenvalue weighted by atomic mass is 10.0. The first-order valence-corrected chi connectivity index (χ1v) is 5.19. The molecule has 4 N–H and O–H groups in total. The minimum Gasteiger partial charge on any atom is -0.481 e. The Morgan fingerprint density at radius 1 is 1.41 bits per heavy atom. The van der Waals surface area contributed by atoms with Crippen LogP contribution in [0.4, 0.5) is 0 Å². The van der Waals surface area contributed by atoms with Crippen molar-refractivity contribution >= 4 is 29.3 Å². The van der Waals surface area contributed by atoms with Gasteiger partial charge in [0.1, 0.15) is 0 Å². The average Bonchev–Trinajstić information content (AvgIpc) is 2.61. The summed E-state index contributed by atoms with van der Waals surface area (Å²) in [4.78, 5) is 13.7. The van der Waals surface area contributed by atoms with Crippen LogP contribution < -0.4 is 5.73 Å². The Morgan fingerprint density at radius 3 is 2.82 bits per heavy atom. The first-order valence-electron chi connectivity index (χ1n) is 5.19. The van der Waals surface area contributed by atoms with Gasteiger partial charge in [-0.25, -0.2) is 0 Å². The summed E-state index contributed by atoms with van der Waals surface area (Å²) in [5, 5.41) is 9.75. The zero-order valence-electron chi connectivity index (χ0n) is 9.22. The maximum Gasteiger partial charge on any atom is 0.304 e. The van der Waals surface area contributed by atoms with Crippen molar-refractivity contribution in [2.75, 3.05) is 0 Å². The van der Waals surface area contributed by atoms with Gasteiger partial charge in [0.15, 0.2) is 0 Å². The molecule has 92 valence electrons. The minimum absolute atomic E-state index is 0. The van der Waals surface area contributed by atoms with Crippen molar-refractivity contribution < 1.29 is 9.90 Å². The van der Waals surface area contributed by atoms with Crippen LogP contribution in [-0.4, -0.2) is 22.1 Å². The van der Waals surface area contributed by atoms with E-state index in [4.69, 9.17) is 10.8 Å². The number of hydrogen-bond donors (Lipinski definition) is 3. The fourth-order valence-electron chi connectivity index (χ4n) is 1.88. The number of benzene rings is 1. The molecule has 0 aliphatic rings. The number of carboxylic acids is 1. The van der Waals surface area contributed by atoms with E-state index in [1.807, 2.05) is 30.5 Å². The van der Waals surface area contributed by atoms with Gasteiger partial charge in [0.25, 0.3) is 0 Å². The van der Waals surface area contributed by atoms with Crippen LogP contribution in [0.2, 0.25) is 0 Å². The van der Waals surface area contributed by atoms with Crippen LogP contribution in [-0.2, 0) is 11.2 Å². The smallest absolute Gasteiger partial charge is 0.304 e. The molecule has 0 aliphatic heterocycles. The quantitative estimate of drug-likeness (QED) is 0.780. The van der Waals surface area contributed by atoms with E-state index in [1.165, 1.54) is 0 Å². The molecule has 1 heterocycles. The van der Waals surface area contributed by atoms with E-state index in [9.17, 15) is 4.79 Å². The lowest BCUT2D eigenvalue weighted by molar-refractivity contribution is -0.137. The molecule has 1 atom stereocenters. The second-order valence-electron chi connectivity index (χ2n) is 3.92. The highest BCUT2D eigenvalue weighted by Crippen LogP contribution is 2.19. The number of H-pyrrole nitrogens is 1. The van der Waals surface area contributed by atoms with Crippen molar-refractivity contribution in [1.29, 1.82) is 0 Å². The van der Waals surface area contributed by atoms with Gasteiger partial charge in [-0.05, 0) is 18.1 Å². The molecule has 1 aromatic heterocycles. The maximum atomic E-state index is 10.5. The van der Waals surface area contributed by atoms with E-state index in [0.29, 0.717) is 6.42 Å². The zero-order valence-corrected chi connectivity index (χ0v) is 10.0. The van der Waals surface area contributed by atoms with Gasteiger partial charge in [0, 0.05) is 23.1 Å². The molecule has 0 saturated heterocycles. The number of hydrogen-bond acceptors (Lipinski definition) is 2. The lowest BCUT2D eigenvalue weighted by Crippen LogP contribution is -2.25. The molecule has 0 aliphatic carbocycles. The van der Waals surface area contributed by atoms with Crippen LogP contribution in [0.1, 0.15) is 12.0 Å². The molecule has 0 spiro atoms. The summed E-state index contributed by atoms with van der Waals surface area (Å²) in [6.45, 7) is 0. The number of nitrogens with two attached hydrogens (primary N) is 1. The first kappa shape index (κ1) is 13.5. The van der Waals surface area contributed by atoms with E-state index in [1.54, 1.807) is 0 Å². The minimum atomic E-state index is -0.854. The Kier molecular flexibility index (Phi) is 4.54. The molecular formula is C12H15ClN2O2. The molecule has 0 fully saturated rings. The number of halogens is 1. The predicted octanol–water partition coefficient (Wildman–Crippen LogP) is 1.93. The second kappa shape index (κ2) is 5.70. The summed E-state index contributed by atoms with van der Waals surface area (Å²) in [5.41, 5.74) is 7.89. The fourth-order valence-corrected chi connectivity index (χ4v) is 1.88. The van der Waals surface area contributed by atoms with Gasteiger partial charge in [-0.15, -0.1) is 12.4 Å². The van der Waals surface area contributed by atoms with Crippen molar-refractivity contribution in [2.45, 2.75) is 18.9 Å². The number of fused-ring (bicyclic) bond motifs is 1. The van der Waals surface area contributed by atoms with E-state index in [2.05, 4.69) is 4.98 Å². The number of nitrogens with one attached hydrogen (secondary N) is 1. The highest BCUT2D eigenvalue weighted by atomic mass is 35.5. The number of aromatic amines is 1. The van der Waals surface area contributed by atoms with Crippen LogP contribution in [0.15, 0.2) is 30.5 Å². The van der Waals surface area contributed by atoms with E-state index in [-0.39, 0.29) is 24.9 Å². The summed E-state index contributed by atoms with van der Waals surface area (Å²) in [7, 11) is 0. The summed E-state index contributed by atoms with van der Waals surface area (Å²) >= 11 is 0. The van der Waals surface area contributed by atoms with Gasteiger partial charge in [0.2, 0.25) is 0 Å². The average molecular weight is 255 g/mol. The molecular weight excluding hydrogens is 240 g/mol. The lowest BCUT2D eigenvalue weighted by Gasteiger charge is -2.07. The largest absolute Gasteiger partial charge is 0.481 e. The van der Waals surface area contributed by atoms with E-state index < -0.39 is 5.97 Å². The normalized spacial score (nSPS) is 12.1. The van der Waals surface area contributed by atoms with Crippen molar-refractivity contribution in [3.8, 4) is 0 Å². The molecule has 2 aromatic rings. The number of carboxylic acid groups (broad SMARTS) is 1. The molecule has 4 nitrogen and oxygen atoms in total. The summed E-state index contributed by atoms with van der Waals surface area (Å²) in [6.07, 6.45) is 2.47. The SMILES string of the molecule is Cl.NC(CC(=O)O)Cc1c[nH]c2ccccc12. The van der Waals surface area contributed by atoms with Crippen molar-refractivity contribution in [3.05, 3.63) is 36.0 Å². The monoisotopic (exact) mass is 254 g/mol. The Morgan fingerprint density at radius 2 is 2.12 bits per heavy atom. The third-order valence-corrected chi connectivity index (χ3v) is 2.59. The van der Waals surface area contributed by atoms with Gasteiger partial charge in [-0.1, -0.05) is 18.2 Å². The number of rotatable bonds is 4. The molecule has 17 heavy (non-hydrogen) atoms. The molecule has 1 aromatic carbocycles. The van der Waals surface area contributed by atoms with Gasteiger partial charge >= 0.3 is 5.97 Å². The van der Waals surface area contributed by atoms with Gasteiger partial charge in [-0.2, -0.15) is 0 Å². The van der Waals surface area contributed by atoms with Crippen molar-refractivity contribution in [1.82, 2.24) is 4.98 Å². The van der Waals surface area contributed by atoms with Crippen LogP contribution in [0, 0.1) is 0 Å². The molecule has 2 rings (SSSR count). The van der Waals surface area contributed by atoms with Gasteiger partial charge in [0.05, 0.1) is 6.42 Å². The number of aromatic nitrogens is 1. The Hall–Kier alpha value is -1.52. The highest BCUT2D eigenvalue weighted by molar-refractivity contribution is 5.85. The van der Waals surface area contributed by atoms with Crippen LogP contribution >= 0.6 is 12.4 Å². The molecule has 5 heteroatoms. The topological polar surface area (TPSA) is 79.1 Å². The van der Waals surface area contributed by atoms with E-state index >= 15 is 0 Å². The Labute approximate surface area is 105 Å². The summed E-state index contributed by atoms with van der Waals surface area (Å²) in [6, 6.07) is 7.58. The molecule has 0 saturated carbocycles. The standard InChI is InChI=1S/C12H14N2O2.ClH/c13-9(6-12(15)16)5-8-7-14-11-4-2-1-3-10(8)11;/h1-4,7,9,14H,5-6,13H2,(H,15,16);1H. The fraction of sp³-hybridized carbons (Fsp3) is 0.250. The molecule has 0 radical (unpaired) electrons. The summed E-state index contributed by atoms with van der Waals surface area (Å²) < 4.78 is 0. The molecule has 1 unspecified atom stereocenters. The second-order valence-corrected chi connectivity index (χ2v) is 3.92. The zero-order chi connectivity index (χ0) is 11.5. The Bertz CT molecular complexity index is 510. The number of para-hydroxylation sites is 1. The maximum absolute atomic E-state index is 10.5. The van der Waals surface area contributed by atoms with Crippen LogP contribution in [0.25, 0.3) is 10.9 Å². The highest BCUT2D eigenvalue weighted by Gasteiger charge is 2.11. The molecule has 0 amide bonds. The van der Waals surface area contributed by atoms with Gasteiger partial charge in [-0.3, -0.25) is 4.79 Å². The number of carbonyl (C=O) groups is 1. The van der Waals surface area contributed by atoms with Crippen molar-refractivity contribution in [2.24, 2.45) is 5.73 Å². The Balaban J connectivity index is 0.00000144. The van der Waals surface area contributed by atoms with Gasteiger partial charge < -0.3 is 15.8 Å².